The van der Waals surface area contributed by atoms with Crippen molar-refractivity contribution < 1.29 is 14.3 Å². The Hall–Kier alpha value is -2.03. The fraction of sp³-hybridized carbons (Fsp3) is 0.267. The molecule has 1 N–H and O–H groups in total. The molecule has 0 aliphatic carbocycles. The highest BCUT2D eigenvalue weighted by Gasteiger charge is 2.20. The van der Waals surface area contributed by atoms with Gasteiger partial charge in [0.05, 0.1) is 6.26 Å². The minimum Gasteiger partial charge on any atom is -0.508 e. The number of furan rings is 1. The largest absolute Gasteiger partial charge is 0.508 e. The fourth-order valence-corrected chi connectivity index (χ4v) is 1.82. The summed E-state index contributed by atoms with van der Waals surface area (Å²) in [6, 6.07) is 7.02. The highest BCUT2D eigenvalue weighted by molar-refractivity contribution is 5.98. The Morgan fingerprint density at radius 3 is 2.56 bits per heavy atom. The van der Waals surface area contributed by atoms with Crippen LogP contribution >= 0.6 is 0 Å². The molecule has 0 saturated heterocycles. The number of benzene rings is 1. The number of phenols is 1. The molecule has 0 aliphatic heterocycles. The second kappa shape index (κ2) is 4.69. The highest BCUT2D eigenvalue weighted by Crippen LogP contribution is 2.26. The van der Waals surface area contributed by atoms with Gasteiger partial charge in [-0.05, 0) is 42.7 Å². The zero-order valence-electron chi connectivity index (χ0n) is 10.7. The summed E-state index contributed by atoms with van der Waals surface area (Å²) >= 11 is 0. The first kappa shape index (κ1) is 12.4. The molecule has 3 nitrogen and oxygen atoms in total. The molecular formula is C15H16O3. The van der Waals surface area contributed by atoms with Crippen LogP contribution in [0, 0.1) is 13.8 Å². The highest BCUT2D eigenvalue weighted by atomic mass is 16.3. The maximum atomic E-state index is 12.2. The Labute approximate surface area is 106 Å². The van der Waals surface area contributed by atoms with E-state index in [0.29, 0.717) is 5.76 Å². The summed E-state index contributed by atoms with van der Waals surface area (Å²) in [5.41, 5.74) is 2.52. The van der Waals surface area contributed by atoms with Gasteiger partial charge in [0.15, 0.2) is 5.76 Å². The lowest BCUT2D eigenvalue weighted by Crippen LogP contribution is -2.08. The molecule has 94 valence electrons. The fourth-order valence-electron chi connectivity index (χ4n) is 1.82. The Bertz CT molecular complexity index is 581. The zero-order valence-corrected chi connectivity index (χ0v) is 10.7. The molecule has 1 atom stereocenters. The molecule has 2 aromatic rings. The standard InChI is InChI=1S/C15H16O3/c1-9-6-14(18-8-9)15(17)11(3)12-5-4-10(2)13(16)7-12/h4-8,11,16H,1-3H3/t11-/m1/s1. The Balaban J connectivity index is 2.28. The van der Waals surface area contributed by atoms with Crippen LogP contribution in [-0.2, 0) is 0 Å². The second-order valence-corrected chi connectivity index (χ2v) is 4.62. The number of carbonyl (C=O) groups excluding carboxylic acids is 1. The summed E-state index contributed by atoms with van der Waals surface area (Å²) in [7, 11) is 0. The molecule has 2 rings (SSSR count). The quantitative estimate of drug-likeness (QED) is 0.839. The average molecular weight is 244 g/mol. The first-order valence-electron chi connectivity index (χ1n) is 5.88. The number of Topliss-reactive ketones (excluding diaryl/α,β-unsaturated/α-hetero) is 1. The predicted octanol–water partition coefficient (Wildman–Crippen LogP) is 3.59. The van der Waals surface area contributed by atoms with Crippen molar-refractivity contribution >= 4 is 5.78 Å². The van der Waals surface area contributed by atoms with E-state index < -0.39 is 0 Å². The molecule has 0 spiro atoms. The Morgan fingerprint density at radius 1 is 1.28 bits per heavy atom. The van der Waals surface area contributed by atoms with E-state index in [4.69, 9.17) is 4.42 Å². The molecule has 0 unspecified atom stereocenters. The number of aryl methyl sites for hydroxylation is 2. The van der Waals surface area contributed by atoms with Crippen LogP contribution in [-0.4, -0.2) is 10.9 Å². The molecule has 1 aromatic carbocycles. The van der Waals surface area contributed by atoms with Crippen LogP contribution in [0.5, 0.6) is 5.75 Å². The van der Waals surface area contributed by atoms with Gasteiger partial charge in [-0.2, -0.15) is 0 Å². The third kappa shape index (κ3) is 2.30. The van der Waals surface area contributed by atoms with Gasteiger partial charge in [-0.15, -0.1) is 0 Å². The van der Waals surface area contributed by atoms with Crippen LogP contribution in [0.25, 0.3) is 0 Å². The molecule has 18 heavy (non-hydrogen) atoms. The summed E-state index contributed by atoms with van der Waals surface area (Å²) in [6.07, 6.45) is 1.56. The lowest BCUT2D eigenvalue weighted by molar-refractivity contribution is 0.0939. The van der Waals surface area contributed by atoms with Gasteiger partial charge in [-0.25, -0.2) is 0 Å². The van der Waals surface area contributed by atoms with Gasteiger partial charge in [-0.3, -0.25) is 4.79 Å². The second-order valence-electron chi connectivity index (χ2n) is 4.62. The Kier molecular flexibility index (Phi) is 3.24. The number of aromatic hydroxyl groups is 1. The van der Waals surface area contributed by atoms with Gasteiger partial charge in [0.25, 0.3) is 0 Å². The van der Waals surface area contributed by atoms with Crippen LogP contribution in [0.15, 0.2) is 34.9 Å². The molecule has 0 radical (unpaired) electrons. The molecule has 0 aliphatic rings. The zero-order chi connectivity index (χ0) is 13.3. The molecule has 0 amide bonds. The van der Waals surface area contributed by atoms with E-state index in [1.807, 2.05) is 32.9 Å². The van der Waals surface area contributed by atoms with Crippen molar-refractivity contribution in [2.24, 2.45) is 0 Å². The van der Waals surface area contributed by atoms with Crippen molar-refractivity contribution in [3.63, 3.8) is 0 Å². The van der Waals surface area contributed by atoms with Crippen LogP contribution in [0.3, 0.4) is 0 Å². The third-order valence-corrected chi connectivity index (χ3v) is 3.10. The minimum atomic E-state index is -0.331. The van der Waals surface area contributed by atoms with Crippen molar-refractivity contribution in [2.75, 3.05) is 0 Å². The summed E-state index contributed by atoms with van der Waals surface area (Å²) in [6.45, 7) is 5.51. The normalized spacial score (nSPS) is 12.4. The van der Waals surface area contributed by atoms with Gasteiger partial charge in [0, 0.05) is 5.92 Å². The monoisotopic (exact) mass is 244 g/mol. The first-order chi connectivity index (χ1) is 8.49. The number of hydrogen-bond acceptors (Lipinski definition) is 3. The predicted molar refractivity (Wildman–Crippen MR) is 69.0 cm³/mol. The number of carbonyl (C=O) groups is 1. The average Bonchev–Trinajstić information content (AvgIpc) is 2.77. The van der Waals surface area contributed by atoms with Gasteiger partial charge in [-0.1, -0.05) is 19.1 Å². The molecule has 1 heterocycles. The van der Waals surface area contributed by atoms with E-state index in [0.717, 1.165) is 16.7 Å². The topological polar surface area (TPSA) is 50.4 Å². The number of ketones is 1. The van der Waals surface area contributed by atoms with E-state index >= 15 is 0 Å². The molecule has 0 bridgehead atoms. The maximum absolute atomic E-state index is 12.2. The van der Waals surface area contributed by atoms with E-state index in [-0.39, 0.29) is 17.5 Å². The van der Waals surface area contributed by atoms with E-state index in [1.165, 1.54) is 0 Å². The van der Waals surface area contributed by atoms with Crippen LogP contribution in [0.1, 0.15) is 40.1 Å². The van der Waals surface area contributed by atoms with Crippen molar-refractivity contribution in [2.45, 2.75) is 26.7 Å². The lowest BCUT2D eigenvalue weighted by atomic mass is 9.94. The number of hydrogen-bond donors (Lipinski definition) is 1. The molecule has 1 aromatic heterocycles. The van der Waals surface area contributed by atoms with E-state index in [9.17, 15) is 9.90 Å². The molecule has 3 heteroatoms. The molecule has 0 saturated carbocycles. The van der Waals surface area contributed by atoms with Gasteiger partial charge < -0.3 is 9.52 Å². The smallest absolute Gasteiger partial charge is 0.205 e. The van der Waals surface area contributed by atoms with Crippen molar-refractivity contribution in [3.05, 3.63) is 53.0 Å². The number of phenolic OH excluding ortho intramolecular Hbond substituents is 1. The van der Waals surface area contributed by atoms with E-state index in [1.54, 1.807) is 18.4 Å². The van der Waals surface area contributed by atoms with Crippen LogP contribution in [0.2, 0.25) is 0 Å². The number of rotatable bonds is 3. The van der Waals surface area contributed by atoms with Crippen LogP contribution in [0.4, 0.5) is 0 Å². The van der Waals surface area contributed by atoms with Crippen molar-refractivity contribution in [1.82, 2.24) is 0 Å². The summed E-state index contributed by atoms with van der Waals surface area (Å²) < 4.78 is 5.21. The summed E-state index contributed by atoms with van der Waals surface area (Å²) in [4.78, 5) is 12.2. The van der Waals surface area contributed by atoms with Crippen molar-refractivity contribution in [3.8, 4) is 5.75 Å². The summed E-state index contributed by atoms with van der Waals surface area (Å²) in [5, 5.41) is 9.67. The first-order valence-corrected chi connectivity index (χ1v) is 5.88. The SMILES string of the molecule is Cc1coc(C(=O)[C@H](C)c2ccc(C)c(O)c2)c1. The lowest BCUT2D eigenvalue weighted by Gasteiger charge is -2.10. The summed E-state index contributed by atoms with van der Waals surface area (Å²) in [5.74, 6) is 0.163. The van der Waals surface area contributed by atoms with Crippen molar-refractivity contribution in [1.29, 1.82) is 0 Å². The third-order valence-electron chi connectivity index (χ3n) is 3.10. The van der Waals surface area contributed by atoms with E-state index in [2.05, 4.69) is 0 Å². The van der Waals surface area contributed by atoms with Crippen LogP contribution < -0.4 is 0 Å². The minimum absolute atomic E-state index is 0.0775. The Morgan fingerprint density at radius 2 is 2.00 bits per heavy atom. The van der Waals surface area contributed by atoms with Gasteiger partial charge >= 0.3 is 0 Å². The molecule has 0 fully saturated rings. The van der Waals surface area contributed by atoms with Gasteiger partial charge in [0.2, 0.25) is 5.78 Å². The van der Waals surface area contributed by atoms with Gasteiger partial charge in [0.1, 0.15) is 5.75 Å². The molecular weight excluding hydrogens is 228 g/mol. The maximum Gasteiger partial charge on any atom is 0.205 e.